The second kappa shape index (κ2) is 10.9. The van der Waals surface area contributed by atoms with Crippen LogP contribution in [0.5, 0.6) is 0 Å². The van der Waals surface area contributed by atoms with E-state index in [9.17, 15) is 0 Å². The van der Waals surface area contributed by atoms with Crippen molar-refractivity contribution in [1.82, 2.24) is 15.5 Å². The number of aliphatic imine (C=N–C) groups is 1. The Morgan fingerprint density at radius 2 is 2.04 bits per heavy atom. The smallest absolute Gasteiger partial charge is 0.191 e. The minimum atomic E-state index is 0. The Morgan fingerprint density at radius 3 is 2.62 bits per heavy atom. The largest absolute Gasteiger partial charge is 0.379 e. The van der Waals surface area contributed by atoms with E-state index in [0.717, 1.165) is 51.8 Å². The van der Waals surface area contributed by atoms with Crippen LogP contribution in [0.3, 0.4) is 0 Å². The molecular weight excluding hydrogens is 503 g/mol. The molecule has 0 atom stereocenters. The molecule has 0 bridgehead atoms. The third-order valence-corrected chi connectivity index (χ3v) is 5.76. The van der Waals surface area contributed by atoms with Crippen molar-refractivity contribution in [3.63, 3.8) is 0 Å². The van der Waals surface area contributed by atoms with Gasteiger partial charge in [-0.25, -0.2) is 0 Å². The number of hydrogen-bond donors (Lipinski definition) is 2. The van der Waals surface area contributed by atoms with Crippen LogP contribution >= 0.6 is 51.2 Å². The molecular formula is C16H28BrIN4OS. The summed E-state index contributed by atoms with van der Waals surface area (Å²) in [6, 6.07) is 4.26. The first-order valence-corrected chi connectivity index (χ1v) is 9.64. The van der Waals surface area contributed by atoms with Gasteiger partial charge in [0.05, 0.1) is 17.0 Å². The van der Waals surface area contributed by atoms with Crippen LogP contribution < -0.4 is 10.6 Å². The highest BCUT2D eigenvalue weighted by Crippen LogP contribution is 2.22. The summed E-state index contributed by atoms with van der Waals surface area (Å²) >= 11 is 5.28. The molecule has 0 saturated carbocycles. The van der Waals surface area contributed by atoms with Crippen molar-refractivity contribution in [1.29, 1.82) is 0 Å². The SMILES string of the molecule is CN=C(NCCc1ccc(Br)s1)NCC(C)(C)N1CCOCC1.I. The zero-order valence-electron chi connectivity index (χ0n) is 14.6. The molecule has 0 unspecified atom stereocenters. The number of ether oxygens (including phenoxy) is 1. The second-order valence-electron chi connectivity index (χ2n) is 6.22. The average molecular weight is 531 g/mol. The standard InChI is InChI=1S/C16H27BrN4OS.HI/c1-16(2,21-8-10-22-11-9-21)12-20-15(18-3)19-7-6-13-4-5-14(17)23-13;/h4-5H,6-12H2,1-3H3,(H2,18,19,20);1H. The van der Waals surface area contributed by atoms with E-state index in [-0.39, 0.29) is 29.5 Å². The van der Waals surface area contributed by atoms with Gasteiger partial charge in [0.2, 0.25) is 0 Å². The molecule has 1 aromatic heterocycles. The molecule has 5 nitrogen and oxygen atoms in total. The summed E-state index contributed by atoms with van der Waals surface area (Å²) in [6.45, 7) is 9.91. The molecule has 24 heavy (non-hydrogen) atoms. The van der Waals surface area contributed by atoms with E-state index in [1.807, 2.05) is 7.05 Å². The predicted octanol–water partition coefficient (Wildman–Crippen LogP) is 2.95. The number of hydrogen-bond acceptors (Lipinski definition) is 4. The summed E-state index contributed by atoms with van der Waals surface area (Å²) in [5.74, 6) is 0.863. The number of nitrogens with one attached hydrogen (secondary N) is 2. The lowest BCUT2D eigenvalue weighted by Gasteiger charge is -2.41. The molecule has 138 valence electrons. The molecule has 1 aromatic rings. The summed E-state index contributed by atoms with van der Waals surface area (Å²) in [6.07, 6.45) is 1.00. The molecule has 1 fully saturated rings. The van der Waals surface area contributed by atoms with E-state index in [1.54, 1.807) is 11.3 Å². The van der Waals surface area contributed by atoms with Gasteiger partial charge in [-0.1, -0.05) is 0 Å². The third-order valence-electron chi connectivity index (χ3n) is 4.07. The van der Waals surface area contributed by atoms with Crippen LogP contribution in [-0.2, 0) is 11.2 Å². The van der Waals surface area contributed by atoms with Crippen LogP contribution in [0, 0.1) is 0 Å². The summed E-state index contributed by atoms with van der Waals surface area (Å²) in [4.78, 5) is 8.16. The highest BCUT2D eigenvalue weighted by Gasteiger charge is 2.28. The Hall–Kier alpha value is 0.1000. The Labute approximate surface area is 174 Å². The highest BCUT2D eigenvalue weighted by atomic mass is 127. The van der Waals surface area contributed by atoms with Crippen LogP contribution in [0.4, 0.5) is 0 Å². The minimum Gasteiger partial charge on any atom is -0.379 e. The van der Waals surface area contributed by atoms with E-state index in [1.165, 1.54) is 8.66 Å². The maximum atomic E-state index is 5.44. The van der Waals surface area contributed by atoms with Gasteiger partial charge in [-0.05, 0) is 48.3 Å². The van der Waals surface area contributed by atoms with E-state index < -0.39 is 0 Å². The van der Waals surface area contributed by atoms with Gasteiger partial charge in [0, 0.05) is 43.6 Å². The van der Waals surface area contributed by atoms with Crippen molar-refractivity contribution in [2.24, 2.45) is 4.99 Å². The minimum absolute atomic E-state index is 0. The Morgan fingerprint density at radius 1 is 1.33 bits per heavy atom. The van der Waals surface area contributed by atoms with E-state index in [4.69, 9.17) is 4.74 Å². The number of halogens is 2. The summed E-state index contributed by atoms with van der Waals surface area (Å²) in [5, 5.41) is 6.84. The van der Waals surface area contributed by atoms with Gasteiger partial charge in [-0.3, -0.25) is 9.89 Å². The zero-order valence-corrected chi connectivity index (χ0v) is 19.3. The van der Waals surface area contributed by atoms with Crippen molar-refractivity contribution < 1.29 is 4.74 Å². The fraction of sp³-hybridized carbons (Fsp3) is 0.688. The van der Waals surface area contributed by atoms with Gasteiger partial charge < -0.3 is 15.4 Å². The van der Waals surface area contributed by atoms with Crippen molar-refractivity contribution in [2.45, 2.75) is 25.8 Å². The van der Waals surface area contributed by atoms with Gasteiger partial charge in [-0.2, -0.15) is 0 Å². The van der Waals surface area contributed by atoms with Crippen molar-refractivity contribution >= 4 is 57.2 Å². The molecule has 0 amide bonds. The monoisotopic (exact) mass is 530 g/mol. The molecule has 1 aliphatic rings. The quantitative estimate of drug-likeness (QED) is 0.337. The lowest BCUT2D eigenvalue weighted by Crippen LogP contribution is -2.56. The summed E-state index contributed by atoms with van der Waals surface area (Å²) < 4.78 is 6.62. The molecule has 8 heteroatoms. The average Bonchev–Trinajstić information content (AvgIpc) is 2.97. The molecule has 0 aliphatic carbocycles. The lowest BCUT2D eigenvalue weighted by atomic mass is 10.0. The van der Waals surface area contributed by atoms with Crippen LogP contribution in [0.1, 0.15) is 18.7 Å². The highest BCUT2D eigenvalue weighted by molar-refractivity contribution is 14.0. The van der Waals surface area contributed by atoms with Crippen LogP contribution in [0.2, 0.25) is 0 Å². The first-order valence-electron chi connectivity index (χ1n) is 8.03. The molecule has 1 saturated heterocycles. The molecule has 1 aliphatic heterocycles. The fourth-order valence-corrected chi connectivity index (χ4v) is 4.07. The summed E-state index contributed by atoms with van der Waals surface area (Å²) in [7, 11) is 1.82. The van der Waals surface area contributed by atoms with E-state index >= 15 is 0 Å². The van der Waals surface area contributed by atoms with Crippen molar-refractivity contribution in [3.8, 4) is 0 Å². The van der Waals surface area contributed by atoms with Crippen molar-refractivity contribution in [3.05, 3.63) is 20.8 Å². The van der Waals surface area contributed by atoms with Gasteiger partial charge >= 0.3 is 0 Å². The number of thiophene rings is 1. The van der Waals surface area contributed by atoms with Gasteiger partial charge in [-0.15, -0.1) is 35.3 Å². The first-order chi connectivity index (χ1) is 11.0. The topological polar surface area (TPSA) is 48.9 Å². The second-order valence-corrected chi connectivity index (χ2v) is 8.77. The molecule has 0 spiro atoms. The Bertz CT molecular complexity index is 518. The fourth-order valence-electron chi connectivity index (χ4n) is 2.59. The number of nitrogens with zero attached hydrogens (tertiary/aromatic N) is 2. The lowest BCUT2D eigenvalue weighted by molar-refractivity contribution is -0.00833. The molecule has 0 radical (unpaired) electrons. The van der Waals surface area contributed by atoms with Crippen LogP contribution in [0.25, 0.3) is 0 Å². The normalized spacial score (nSPS) is 16.6. The zero-order chi connectivity index (χ0) is 16.7. The van der Waals surface area contributed by atoms with Crippen molar-refractivity contribution in [2.75, 3.05) is 46.4 Å². The maximum Gasteiger partial charge on any atom is 0.191 e. The summed E-state index contributed by atoms with van der Waals surface area (Å²) in [5.41, 5.74) is 0.0833. The van der Waals surface area contributed by atoms with Gasteiger partial charge in [0.15, 0.2) is 5.96 Å². The Kier molecular flexibility index (Phi) is 10.1. The third kappa shape index (κ3) is 7.15. The van der Waals surface area contributed by atoms with E-state index in [2.05, 4.69) is 62.4 Å². The maximum absolute atomic E-state index is 5.44. The molecule has 2 N–H and O–H groups in total. The van der Waals surface area contributed by atoms with E-state index in [0.29, 0.717) is 0 Å². The predicted molar refractivity (Wildman–Crippen MR) is 117 cm³/mol. The van der Waals surface area contributed by atoms with Gasteiger partial charge in [0.1, 0.15) is 0 Å². The number of rotatable bonds is 6. The molecule has 2 rings (SSSR count). The first kappa shape index (κ1) is 22.1. The number of guanidine groups is 1. The van der Waals surface area contributed by atoms with Crippen LogP contribution in [-0.4, -0.2) is 62.8 Å². The molecule has 0 aromatic carbocycles. The number of morpholine rings is 1. The molecule has 2 heterocycles. The Balaban J connectivity index is 0.00000288. The van der Waals surface area contributed by atoms with Gasteiger partial charge in [0.25, 0.3) is 0 Å². The van der Waals surface area contributed by atoms with Crippen LogP contribution in [0.15, 0.2) is 20.9 Å².